The summed E-state index contributed by atoms with van der Waals surface area (Å²) in [4.78, 5) is 1.89. The average Bonchev–Trinajstić information content (AvgIpc) is 2.63. The normalized spacial score (nSPS) is 26.1. The Balaban J connectivity index is 1.30. The molecule has 0 aromatic carbocycles. The molecule has 3 saturated heterocycles. The van der Waals surface area contributed by atoms with Crippen molar-refractivity contribution in [1.29, 1.82) is 0 Å². The Labute approximate surface area is 152 Å². The summed E-state index contributed by atoms with van der Waals surface area (Å²) in [6.07, 6.45) is 20.7. The zero-order valence-electron chi connectivity index (χ0n) is 16.8. The van der Waals surface area contributed by atoms with Crippen LogP contribution in [0.3, 0.4) is 0 Å². The van der Waals surface area contributed by atoms with Crippen LogP contribution < -0.4 is 4.90 Å². The number of rotatable bonds is 15. The molecule has 24 heavy (non-hydrogen) atoms. The molecule has 0 amide bonds. The van der Waals surface area contributed by atoms with Gasteiger partial charge in [-0.15, -0.1) is 0 Å². The first kappa shape index (κ1) is 20.2. The highest BCUT2D eigenvalue weighted by molar-refractivity contribution is 4.56. The highest BCUT2D eigenvalue weighted by Crippen LogP contribution is 2.15. The molecule has 2 heteroatoms. The van der Waals surface area contributed by atoms with Gasteiger partial charge < -0.3 is 9.38 Å². The lowest BCUT2D eigenvalue weighted by Gasteiger charge is -2.48. The van der Waals surface area contributed by atoms with Crippen molar-refractivity contribution in [3.8, 4) is 0 Å². The van der Waals surface area contributed by atoms with Crippen molar-refractivity contribution in [2.24, 2.45) is 0 Å². The van der Waals surface area contributed by atoms with Gasteiger partial charge in [-0.1, -0.05) is 84.0 Å². The van der Waals surface area contributed by atoms with E-state index in [0.29, 0.717) is 0 Å². The van der Waals surface area contributed by atoms with Crippen molar-refractivity contribution >= 4 is 0 Å². The van der Waals surface area contributed by atoms with Crippen LogP contribution in [0.2, 0.25) is 0 Å². The Kier molecular flexibility index (Phi) is 10.4. The van der Waals surface area contributed by atoms with Crippen molar-refractivity contribution in [3.63, 3.8) is 0 Å². The van der Waals surface area contributed by atoms with E-state index in [-0.39, 0.29) is 0 Å². The van der Waals surface area contributed by atoms with Crippen LogP contribution in [0.15, 0.2) is 0 Å². The minimum absolute atomic E-state index is 1.37. The molecule has 2 bridgehead atoms. The topological polar surface area (TPSA) is 4.44 Å². The van der Waals surface area contributed by atoms with Gasteiger partial charge in [0.05, 0.1) is 6.54 Å². The van der Waals surface area contributed by atoms with E-state index in [1.807, 2.05) is 4.90 Å². The first-order chi connectivity index (χ1) is 11.8. The SMILES string of the molecule is CCCCCCCCCCCCCCCC[N+]12CC[NH+](CC1)CC2. The lowest BCUT2D eigenvalue weighted by atomic mass is 10.0. The number of quaternary nitrogens is 2. The van der Waals surface area contributed by atoms with Crippen LogP contribution >= 0.6 is 0 Å². The van der Waals surface area contributed by atoms with E-state index >= 15 is 0 Å². The summed E-state index contributed by atoms with van der Waals surface area (Å²) in [5.74, 6) is 0. The molecule has 0 saturated carbocycles. The number of hydrogen-bond donors (Lipinski definition) is 1. The number of nitrogens with one attached hydrogen (secondary N) is 1. The van der Waals surface area contributed by atoms with Gasteiger partial charge >= 0.3 is 0 Å². The van der Waals surface area contributed by atoms with Gasteiger partial charge in [0.2, 0.25) is 0 Å². The average molecular weight is 339 g/mol. The van der Waals surface area contributed by atoms with Crippen LogP contribution in [0, 0.1) is 0 Å². The smallest absolute Gasteiger partial charge is 0.129 e. The maximum absolute atomic E-state index is 2.30. The first-order valence-corrected chi connectivity index (χ1v) is 11.5. The van der Waals surface area contributed by atoms with Gasteiger partial charge in [0, 0.05) is 0 Å². The molecule has 0 atom stereocenters. The van der Waals surface area contributed by atoms with Crippen molar-refractivity contribution in [2.75, 3.05) is 45.8 Å². The Bertz CT molecular complexity index is 281. The Morgan fingerprint density at radius 1 is 0.542 bits per heavy atom. The van der Waals surface area contributed by atoms with Crippen LogP contribution in [0.5, 0.6) is 0 Å². The zero-order valence-corrected chi connectivity index (χ0v) is 16.8. The molecule has 3 aliphatic heterocycles. The second-order valence-electron chi connectivity index (χ2n) is 8.83. The third-order valence-corrected chi connectivity index (χ3v) is 6.81. The van der Waals surface area contributed by atoms with Crippen LogP contribution in [-0.4, -0.2) is 50.3 Å². The third kappa shape index (κ3) is 7.87. The van der Waals surface area contributed by atoms with Gasteiger partial charge in [-0.25, -0.2) is 0 Å². The van der Waals surface area contributed by atoms with Gasteiger partial charge in [0.1, 0.15) is 39.3 Å². The van der Waals surface area contributed by atoms with Gasteiger partial charge in [-0.05, 0) is 12.8 Å². The molecule has 3 aliphatic rings. The fraction of sp³-hybridized carbons (Fsp3) is 1.00. The Hall–Kier alpha value is -0.0800. The quantitative estimate of drug-likeness (QED) is 0.337. The molecule has 1 N–H and O–H groups in total. The van der Waals surface area contributed by atoms with E-state index in [2.05, 4.69) is 6.92 Å². The second kappa shape index (κ2) is 12.3. The summed E-state index contributed by atoms with van der Waals surface area (Å²) in [7, 11) is 0. The molecule has 0 aromatic heterocycles. The zero-order chi connectivity index (χ0) is 16.9. The number of unbranched alkanes of at least 4 members (excludes halogenated alkanes) is 13. The van der Waals surface area contributed by atoms with Gasteiger partial charge in [0.15, 0.2) is 0 Å². The second-order valence-corrected chi connectivity index (χ2v) is 8.83. The third-order valence-electron chi connectivity index (χ3n) is 6.81. The van der Waals surface area contributed by atoms with Gasteiger partial charge in [-0.2, -0.15) is 0 Å². The molecule has 3 fully saturated rings. The minimum Gasteiger partial charge on any atom is -0.321 e. The van der Waals surface area contributed by atoms with Crippen molar-refractivity contribution in [1.82, 2.24) is 0 Å². The Morgan fingerprint density at radius 2 is 0.917 bits per heavy atom. The molecular weight excluding hydrogens is 292 g/mol. The predicted molar refractivity (Wildman–Crippen MR) is 106 cm³/mol. The molecule has 0 radical (unpaired) electrons. The number of hydrogen-bond acceptors (Lipinski definition) is 0. The summed E-state index contributed by atoms with van der Waals surface area (Å²) < 4.78 is 1.49. The fourth-order valence-corrected chi connectivity index (χ4v) is 4.87. The highest BCUT2D eigenvalue weighted by atomic mass is 15.4. The molecule has 0 spiro atoms. The molecular formula is C22H46N2+2. The largest absolute Gasteiger partial charge is 0.321 e. The van der Waals surface area contributed by atoms with Crippen LogP contribution in [0.4, 0.5) is 0 Å². The molecule has 142 valence electrons. The molecule has 3 heterocycles. The van der Waals surface area contributed by atoms with Crippen LogP contribution in [-0.2, 0) is 0 Å². The first-order valence-electron chi connectivity index (χ1n) is 11.5. The lowest BCUT2D eigenvalue weighted by Crippen LogP contribution is -3.19. The van der Waals surface area contributed by atoms with Gasteiger partial charge in [-0.3, -0.25) is 0 Å². The number of piperazine rings is 3. The molecule has 3 rings (SSSR count). The van der Waals surface area contributed by atoms with E-state index in [4.69, 9.17) is 0 Å². The number of fused-ring (bicyclic) bond motifs is 3. The predicted octanol–water partition coefficient (Wildman–Crippen LogP) is 4.20. The van der Waals surface area contributed by atoms with E-state index < -0.39 is 0 Å². The molecule has 0 aromatic rings. The standard InChI is InChI=1S/C22H45N2/c1-2-3-4-5-6-7-8-9-10-11-12-13-14-15-19-24-20-16-23(17-21-24)18-22-24/h2-22H2,1H3/q+1/p+1. The summed E-state index contributed by atoms with van der Waals surface area (Å²) in [5.41, 5.74) is 0. The van der Waals surface area contributed by atoms with E-state index in [0.717, 1.165) is 0 Å². The van der Waals surface area contributed by atoms with Gasteiger partial charge in [0.25, 0.3) is 0 Å². The number of nitrogens with zero attached hydrogens (tertiary/aromatic N) is 1. The van der Waals surface area contributed by atoms with Crippen molar-refractivity contribution in [2.45, 2.75) is 96.8 Å². The van der Waals surface area contributed by atoms with E-state index in [1.165, 1.54) is 140 Å². The summed E-state index contributed by atoms with van der Waals surface area (Å²) in [6.45, 7) is 12.6. The maximum Gasteiger partial charge on any atom is 0.129 e. The molecule has 0 unspecified atom stereocenters. The Morgan fingerprint density at radius 3 is 1.33 bits per heavy atom. The van der Waals surface area contributed by atoms with Crippen molar-refractivity contribution in [3.05, 3.63) is 0 Å². The van der Waals surface area contributed by atoms with Crippen LogP contribution in [0.25, 0.3) is 0 Å². The van der Waals surface area contributed by atoms with E-state index in [1.54, 1.807) is 0 Å². The molecule has 2 nitrogen and oxygen atoms in total. The summed E-state index contributed by atoms with van der Waals surface area (Å²) >= 11 is 0. The minimum atomic E-state index is 1.37. The lowest BCUT2D eigenvalue weighted by molar-refractivity contribution is -1.07. The van der Waals surface area contributed by atoms with E-state index in [9.17, 15) is 0 Å². The summed E-state index contributed by atoms with van der Waals surface area (Å²) in [5, 5.41) is 0. The fourth-order valence-electron chi connectivity index (χ4n) is 4.87. The maximum atomic E-state index is 2.30. The molecule has 0 aliphatic carbocycles. The summed E-state index contributed by atoms with van der Waals surface area (Å²) in [6, 6.07) is 0. The van der Waals surface area contributed by atoms with Crippen LogP contribution in [0.1, 0.15) is 96.8 Å². The highest BCUT2D eigenvalue weighted by Gasteiger charge is 2.40. The monoisotopic (exact) mass is 338 g/mol. The van der Waals surface area contributed by atoms with Crippen molar-refractivity contribution < 1.29 is 9.38 Å².